The van der Waals surface area contributed by atoms with E-state index in [1.54, 1.807) is 0 Å². The molecule has 0 aromatic heterocycles. The molecular formula is C11H21NO5. The minimum atomic E-state index is -1.50. The molecule has 0 aromatic carbocycles. The van der Waals surface area contributed by atoms with Crippen molar-refractivity contribution >= 4 is 5.97 Å². The first-order chi connectivity index (χ1) is 7.90. The van der Waals surface area contributed by atoms with Crippen LogP contribution in [0.15, 0.2) is 12.7 Å². The zero-order valence-electron chi connectivity index (χ0n) is 10.4. The average molecular weight is 247 g/mol. The summed E-state index contributed by atoms with van der Waals surface area (Å²) in [6.07, 6.45) is 5.79. The van der Waals surface area contributed by atoms with Gasteiger partial charge in [-0.15, -0.1) is 10.1 Å². The Morgan fingerprint density at radius 2 is 2.00 bits per heavy atom. The van der Waals surface area contributed by atoms with Gasteiger partial charge >= 0.3 is 5.97 Å². The van der Waals surface area contributed by atoms with E-state index in [9.17, 15) is 4.79 Å². The van der Waals surface area contributed by atoms with Gasteiger partial charge in [0.1, 0.15) is 0 Å². The summed E-state index contributed by atoms with van der Waals surface area (Å²) in [7, 11) is 0. The van der Waals surface area contributed by atoms with Gasteiger partial charge in [-0.3, -0.25) is 0 Å². The van der Waals surface area contributed by atoms with Gasteiger partial charge in [-0.25, -0.2) is 4.79 Å². The van der Waals surface area contributed by atoms with Gasteiger partial charge in [-0.2, -0.15) is 0 Å². The fraction of sp³-hybridized carbons (Fsp3) is 0.727. The normalized spacial score (nSPS) is 9.12. The second-order valence-corrected chi connectivity index (χ2v) is 3.85. The molecule has 6 heteroatoms. The minimum Gasteiger partial charge on any atom is -0.463 e. The lowest BCUT2D eigenvalue weighted by Gasteiger charge is -2.04. The summed E-state index contributed by atoms with van der Waals surface area (Å²) in [4.78, 5) is 19.0. The highest BCUT2D eigenvalue weighted by Crippen LogP contribution is 2.07. The Morgan fingerprint density at radius 3 is 2.41 bits per heavy atom. The maximum Gasteiger partial charge on any atom is 0.330 e. The molecule has 0 saturated heterocycles. The summed E-state index contributed by atoms with van der Waals surface area (Å²) in [6, 6.07) is 0. The zero-order valence-corrected chi connectivity index (χ0v) is 10.4. The first kappa shape index (κ1) is 17.8. The molecule has 0 aliphatic carbocycles. The number of unbranched alkanes of at least 4 members (excludes halogenated alkanes) is 2. The van der Waals surface area contributed by atoms with Gasteiger partial charge in [-0.05, 0) is 12.3 Å². The first-order valence-electron chi connectivity index (χ1n) is 5.52. The van der Waals surface area contributed by atoms with Gasteiger partial charge in [0.2, 0.25) is 0 Å². The van der Waals surface area contributed by atoms with Crippen molar-refractivity contribution in [3.8, 4) is 0 Å². The van der Waals surface area contributed by atoms with Crippen LogP contribution in [0.2, 0.25) is 0 Å². The molecule has 0 heterocycles. The molecule has 0 bridgehead atoms. The van der Waals surface area contributed by atoms with Gasteiger partial charge in [0, 0.05) is 6.08 Å². The highest BCUT2D eigenvalue weighted by Gasteiger charge is 1.96. The van der Waals surface area contributed by atoms with Crippen LogP contribution in [0.3, 0.4) is 0 Å². The number of esters is 1. The lowest BCUT2D eigenvalue weighted by Crippen LogP contribution is -2.01. The molecule has 1 N–H and O–H groups in total. The van der Waals surface area contributed by atoms with Crippen molar-refractivity contribution in [3.05, 3.63) is 22.8 Å². The lowest BCUT2D eigenvalue weighted by atomic mass is 10.1. The summed E-state index contributed by atoms with van der Waals surface area (Å²) in [5.41, 5.74) is 0. The molecule has 0 fully saturated rings. The van der Waals surface area contributed by atoms with Crippen LogP contribution in [-0.4, -0.2) is 22.9 Å². The molecule has 0 radical (unpaired) electrons. The van der Waals surface area contributed by atoms with Crippen LogP contribution in [-0.2, 0) is 9.53 Å². The van der Waals surface area contributed by atoms with E-state index in [1.807, 2.05) is 0 Å². The van der Waals surface area contributed by atoms with Gasteiger partial charge < -0.3 is 9.94 Å². The van der Waals surface area contributed by atoms with Crippen LogP contribution < -0.4 is 0 Å². The Labute approximate surface area is 101 Å². The molecule has 0 spiro atoms. The Morgan fingerprint density at radius 1 is 1.47 bits per heavy atom. The summed E-state index contributed by atoms with van der Waals surface area (Å²) in [6.45, 7) is 8.29. The third-order valence-electron chi connectivity index (χ3n) is 1.84. The average Bonchev–Trinajstić information content (AvgIpc) is 2.21. The summed E-state index contributed by atoms with van der Waals surface area (Å²) < 4.78 is 4.84. The van der Waals surface area contributed by atoms with Crippen LogP contribution >= 0.6 is 0 Å². The SMILES string of the molecule is C=CC(=O)OCCCCCC(C)C.O=[N+]([O-])O. The van der Waals surface area contributed by atoms with E-state index < -0.39 is 5.09 Å². The Hall–Kier alpha value is -1.59. The van der Waals surface area contributed by atoms with Crippen molar-refractivity contribution < 1.29 is 19.8 Å². The van der Waals surface area contributed by atoms with Gasteiger partial charge in [0.05, 0.1) is 6.61 Å². The number of hydrogen-bond donors (Lipinski definition) is 1. The van der Waals surface area contributed by atoms with Crippen LogP contribution in [0.25, 0.3) is 0 Å². The highest BCUT2D eigenvalue weighted by atomic mass is 16.9. The molecule has 17 heavy (non-hydrogen) atoms. The Bertz CT molecular complexity index is 224. The predicted molar refractivity (Wildman–Crippen MR) is 63.2 cm³/mol. The monoisotopic (exact) mass is 247 g/mol. The number of carbonyl (C=O) groups is 1. The van der Waals surface area contributed by atoms with Gasteiger partial charge in [0.15, 0.2) is 0 Å². The molecule has 6 nitrogen and oxygen atoms in total. The number of carbonyl (C=O) groups excluding carboxylic acids is 1. The molecule has 0 saturated carbocycles. The second kappa shape index (κ2) is 12.5. The standard InChI is InChI=1S/C11H20O2.HNO3/c1-4-11(12)13-9-7-5-6-8-10(2)3;2-1(3)4/h4,10H,1,5-9H2,2-3H3;(H,2,3,4). The van der Waals surface area contributed by atoms with E-state index in [2.05, 4.69) is 20.4 Å². The van der Waals surface area contributed by atoms with E-state index in [1.165, 1.54) is 18.9 Å². The lowest BCUT2D eigenvalue weighted by molar-refractivity contribution is -0.742. The largest absolute Gasteiger partial charge is 0.463 e. The third kappa shape index (κ3) is 25.1. The smallest absolute Gasteiger partial charge is 0.330 e. The number of hydrogen-bond acceptors (Lipinski definition) is 4. The Balaban J connectivity index is 0. The minimum absolute atomic E-state index is 0.316. The summed E-state index contributed by atoms with van der Waals surface area (Å²) >= 11 is 0. The van der Waals surface area contributed by atoms with Crippen molar-refractivity contribution in [2.45, 2.75) is 39.5 Å². The topological polar surface area (TPSA) is 89.7 Å². The van der Waals surface area contributed by atoms with Crippen molar-refractivity contribution in [1.29, 1.82) is 0 Å². The first-order valence-corrected chi connectivity index (χ1v) is 5.52. The summed E-state index contributed by atoms with van der Waals surface area (Å²) in [5.74, 6) is 0.458. The van der Waals surface area contributed by atoms with Gasteiger partial charge in [0.25, 0.3) is 5.09 Å². The number of ether oxygens (including phenoxy) is 1. The maximum absolute atomic E-state index is 10.6. The molecule has 0 rings (SSSR count). The number of rotatable bonds is 7. The van der Waals surface area contributed by atoms with Crippen LogP contribution in [0.1, 0.15) is 39.5 Å². The van der Waals surface area contributed by atoms with E-state index in [0.29, 0.717) is 6.61 Å². The van der Waals surface area contributed by atoms with Crippen LogP contribution in [0.4, 0.5) is 0 Å². The zero-order chi connectivity index (χ0) is 13.7. The molecule has 0 aliphatic heterocycles. The van der Waals surface area contributed by atoms with Crippen LogP contribution in [0.5, 0.6) is 0 Å². The van der Waals surface area contributed by atoms with Gasteiger partial charge in [-0.1, -0.05) is 39.7 Å². The van der Waals surface area contributed by atoms with E-state index >= 15 is 0 Å². The van der Waals surface area contributed by atoms with Crippen molar-refractivity contribution in [2.24, 2.45) is 5.92 Å². The van der Waals surface area contributed by atoms with E-state index in [0.717, 1.165) is 18.8 Å². The van der Waals surface area contributed by atoms with Crippen molar-refractivity contribution in [1.82, 2.24) is 0 Å². The molecular weight excluding hydrogens is 226 g/mol. The van der Waals surface area contributed by atoms with E-state index in [-0.39, 0.29) is 5.97 Å². The summed E-state index contributed by atoms with van der Waals surface area (Å²) in [5, 5.41) is 13.6. The molecule has 100 valence electrons. The molecule has 0 atom stereocenters. The molecule has 0 aromatic rings. The molecule has 0 aliphatic rings. The molecule has 0 unspecified atom stereocenters. The van der Waals surface area contributed by atoms with Crippen molar-refractivity contribution in [3.63, 3.8) is 0 Å². The quantitative estimate of drug-likeness (QED) is 0.245. The third-order valence-corrected chi connectivity index (χ3v) is 1.84. The highest BCUT2D eigenvalue weighted by molar-refractivity contribution is 5.81. The second-order valence-electron chi connectivity index (χ2n) is 3.85. The van der Waals surface area contributed by atoms with Crippen molar-refractivity contribution in [2.75, 3.05) is 6.61 Å². The fourth-order valence-corrected chi connectivity index (χ4v) is 1.06. The Kier molecular flexibility index (Phi) is 13.1. The van der Waals surface area contributed by atoms with E-state index in [4.69, 9.17) is 20.1 Å². The fourth-order valence-electron chi connectivity index (χ4n) is 1.06. The predicted octanol–water partition coefficient (Wildman–Crippen LogP) is 2.58. The molecule has 0 amide bonds. The van der Waals surface area contributed by atoms with Crippen LogP contribution in [0, 0.1) is 16.0 Å². The maximum atomic E-state index is 10.6. The number of nitrogens with zero attached hydrogens (tertiary/aromatic N) is 1.